The smallest absolute Gasteiger partial charge is 0.0612 e. The Morgan fingerprint density at radius 3 is 2.88 bits per heavy atom. The van der Waals surface area contributed by atoms with Crippen LogP contribution < -0.4 is 0 Å². The van der Waals surface area contributed by atoms with Gasteiger partial charge in [-0.2, -0.15) is 0 Å². The maximum absolute atomic E-state index is 5.10. The Kier molecular flexibility index (Phi) is 3.32. The van der Waals surface area contributed by atoms with Crippen molar-refractivity contribution in [2.45, 2.75) is 51.5 Å². The molecule has 2 atom stereocenters. The quantitative estimate of drug-likeness (QED) is 0.754. The van der Waals surface area contributed by atoms with Gasteiger partial charge in [0.05, 0.1) is 12.6 Å². The number of rotatable bonds is 2. The fraction of sp³-hybridized carbons (Fsp3) is 0.455. The first-order chi connectivity index (χ1) is 11.8. The van der Waals surface area contributed by atoms with Crippen LogP contribution in [0.4, 0.5) is 0 Å². The van der Waals surface area contributed by atoms with E-state index < -0.39 is 0 Å². The molecule has 1 fully saturated rings. The maximum atomic E-state index is 5.10. The van der Waals surface area contributed by atoms with Crippen LogP contribution in [0.3, 0.4) is 0 Å². The van der Waals surface area contributed by atoms with Crippen molar-refractivity contribution in [1.82, 2.24) is 0 Å². The van der Waals surface area contributed by atoms with Gasteiger partial charge in [0, 0.05) is 30.2 Å². The molecule has 2 heterocycles. The van der Waals surface area contributed by atoms with Crippen LogP contribution >= 0.6 is 0 Å². The van der Waals surface area contributed by atoms with Gasteiger partial charge < -0.3 is 0 Å². The van der Waals surface area contributed by atoms with Gasteiger partial charge in [0.15, 0.2) is 0 Å². The lowest BCUT2D eigenvalue weighted by molar-refractivity contribution is 0.470. The molecule has 4 aliphatic rings. The zero-order valence-corrected chi connectivity index (χ0v) is 14.4. The first kappa shape index (κ1) is 14.4. The number of fused-ring (bicyclic) bond motifs is 1. The molecule has 2 heteroatoms. The Morgan fingerprint density at radius 2 is 2.00 bits per heavy atom. The van der Waals surface area contributed by atoms with E-state index in [0.717, 1.165) is 19.4 Å². The number of allylic oxidation sites excluding steroid dienone is 2. The second-order valence-corrected chi connectivity index (χ2v) is 7.68. The van der Waals surface area contributed by atoms with E-state index >= 15 is 0 Å². The van der Waals surface area contributed by atoms with Crippen LogP contribution in [-0.2, 0) is 6.42 Å². The summed E-state index contributed by atoms with van der Waals surface area (Å²) in [4.78, 5) is 9.95. The lowest BCUT2D eigenvalue weighted by Crippen LogP contribution is -2.32. The number of hydrogen-bond donors (Lipinski definition) is 0. The summed E-state index contributed by atoms with van der Waals surface area (Å²) >= 11 is 0. The fourth-order valence-corrected chi connectivity index (χ4v) is 5.09. The van der Waals surface area contributed by atoms with Gasteiger partial charge in [-0.05, 0) is 54.9 Å². The number of benzene rings is 1. The Bertz CT molecular complexity index is 808. The van der Waals surface area contributed by atoms with Crippen LogP contribution in [0, 0.1) is 5.92 Å². The van der Waals surface area contributed by atoms with Crippen LogP contribution in [0.5, 0.6) is 0 Å². The third kappa shape index (κ3) is 2.23. The molecule has 2 nitrogen and oxygen atoms in total. The van der Waals surface area contributed by atoms with Gasteiger partial charge in [-0.25, -0.2) is 0 Å². The molecule has 0 amide bonds. The summed E-state index contributed by atoms with van der Waals surface area (Å²) in [6.45, 7) is 3.28. The molecule has 1 aromatic carbocycles. The second kappa shape index (κ2) is 5.54. The SMILES string of the molecule is CC1N=C(Cc2ccccc2)CC2=C3CCCC4=NCC(=C43)CC21. The average molecular weight is 316 g/mol. The third-order valence-corrected chi connectivity index (χ3v) is 6.16. The molecular formula is C22H24N2. The summed E-state index contributed by atoms with van der Waals surface area (Å²) in [5.41, 5.74) is 10.7. The molecule has 0 spiro atoms. The van der Waals surface area contributed by atoms with Crippen molar-refractivity contribution in [2.75, 3.05) is 6.54 Å². The van der Waals surface area contributed by atoms with E-state index in [0.29, 0.717) is 12.0 Å². The van der Waals surface area contributed by atoms with E-state index in [4.69, 9.17) is 9.98 Å². The van der Waals surface area contributed by atoms with E-state index in [2.05, 4.69) is 37.3 Å². The van der Waals surface area contributed by atoms with Crippen molar-refractivity contribution in [2.24, 2.45) is 15.9 Å². The van der Waals surface area contributed by atoms with Crippen molar-refractivity contribution < 1.29 is 0 Å². The lowest BCUT2D eigenvalue weighted by Gasteiger charge is -2.38. The zero-order chi connectivity index (χ0) is 16.1. The van der Waals surface area contributed by atoms with Crippen LogP contribution in [0.1, 0.15) is 44.6 Å². The molecule has 122 valence electrons. The average Bonchev–Trinajstić information content (AvgIpc) is 3.02. The van der Waals surface area contributed by atoms with Crippen molar-refractivity contribution in [1.29, 1.82) is 0 Å². The largest absolute Gasteiger partial charge is 0.290 e. The normalized spacial score (nSPS) is 28.4. The molecule has 24 heavy (non-hydrogen) atoms. The van der Waals surface area contributed by atoms with Crippen LogP contribution in [0.25, 0.3) is 0 Å². The number of hydrogen-bond acceptors (Lipinski definition) is 2. The molecule has 5 rings (SSSR count). The van der Waals surface area contributed by atoms with E-state index in [-0.39, 0.29) is 0 Å². The first-order valence-electron chi connectivity index (χ1n) is 9.37. The van der Waals surface area contributed by atoms with E-state index in [1.54, 1.807) is 22.3 Å². The Balaban J connectivity index is 1.51. The molecule has 2 unspecified atom stereocenters. The Hall–Kier alpha value is -1.96. The summed E-state index contributed by atoms with van der Waals surface area (Å²) in [5, 5.41) is 0. The summed E-state index contributed by atoms with van der Waals surface area (Å²) in [5.74, 6) is 0.630. The minimum Gasteiger partial charge on any atom is -0.290 e. The number of aliphatic imine (C=N–C) groups is 2. The van der Waals surface area contributed by atoms with Gasteiger partial charge in [0.25, 0.3) is 0 Å². The fourth-order valence-electron chi connectivity index (χ4n) is 5.09. The highest BCUT2D eigenvalue weighted by molar-refractivity contribution is 6.08. The first-order valence-corrected chi connectivity index (χ1v) is 9.37. The van der Waals surface area contributed by atoms with Gasteiger partial charge in [-0.3, -0.25) is 9.98 Å². The van der Waals surface area contributed by atoms with Crippen LogP contribution in [0.15, 0.2) is 62.6 Å². The Morgan fingerprint density at radius 1 is 1.12 bits per heavy atom. The molecule has 0 saturated heterocycles. The highest BCUT2D eigenvalue weighted by Gasteiger charge is 2.39. The van der Waals surface area contributed by atoms with Crippen molar-refractivity contribution in [3.05, 3.63) is 58.2 Å². The van der Waals surface area contributed by atoms with Gasteiger partial charge in [-0.1, -0.05) is 35.9 Å². The second-order valence-electron chi connectivity index (χ2n) is 7.68. The number of nitrogens with zero attached hydrogens (tertiary/aromatic N) is 2. The summed E-state index contributed by atoms with van der Waals surface area (Å²) in [6.07, 6.45) is 7.02. The predicted molar refractivity (Wildman–Crippen MR) is 100.0 cm³/mol. The predicted octanol–water partition coefficient (Wildman–Crippen LogP) is 4.71. The van der Waals surface area contributed by atoms with Crippen molar-refractivity contribution in [3.8, 4) is 0 Å². The van der Waals surface area contributed by atoms with Crippen molar-refractivity contribution >= 4 is 11.4 Å². The molecule has 0 bridgehead atoms. The Labute approximate surface area is 144 Å². The third-order valence-electron chi connectivity index (χ3n) is 6.16. The van der Waals surface area contributed by atoms with E-state index in [1.165, 1.54) is 42.7 Å². The molecule has 1 aromatic rings. The van der Waals surface area contributed by atoms with Gasteiger partial charge in [-0.15, -0.1) is 0 Å². The minimum atomic E-state index is 0.417. The highest BCUT2D eigenvalue weighted by Crippen LogP contribution is 2.47. The monoisotopic (exact) mass is 316 g/mol. The summed E-state index contributed by atoms with van der Waals surface area (Å²) in [7, 11) is 0. The molecule has 0 aromatic heterocycles. The maximum Gasteiger partial charge on any atom is 0.0612 e. The summed E-state index contributed by atoms with van der Waals surface area (Å²) in [6, 6.07) is 11.2. The highest BCUT2D eigenvalue weighted by atomic mass is 14.8. The van der Waals surface area contributed by atoms with Gasteiger partial charge in [0.2, 0.25) is 0 Å². The molecule has 0 N–H and O–H groups in total. The van der Waals surface area contributed by atoms with E-state index in [9.17, 15) is 0 Å². The molecule has 2 aliphatic heterocycles. The topological polar surface area (TPSA) is 24.7 Å². The molecular weight excluding hydrogens is 292 g/mol. The standard InChI is InChI=1S/C22H24N2/c1-14-19-11-16-13-23-21-9-5-8-18(22(16)21)20(19)12-17(24-14)10-15-6-3-2-4-7-15/h2-4,6-7,14,19H,5,8-13H2,1H3. The molecule has 1 saturated carbocycles. The lowest BCUT2D eigenvalue weighted by atomic mass is 9.69. The summed E-state index contributed by atoms with van der Waals surface area (Å²) < 4.78 is 0. The van der Waals surface area contributed by atoms with Crippen LogP contribution in [-0.4, -0.2) is 24.0 Å². The van der Waals surface area contributed by atoms with Crippen LogP contribution in [0.2, 0.25) is 0 Å². The van der Waals surface area contributed by atoms with E-state index in [1.807, 2.05) is 0 Å². The molecule has 2 aliphatic carbocycles. The van der Waals surface area contributed by atoms with Gasteiger partial charge in [0.1, 0.15) is 0 Å². The zero-order valence-electron chi connectivity index (χ0n) is 14.4. The van der Waals surface area contributed by atoms with Gasteiger partial charge >= 0.3 is 0 Å². The molecule has 0 radical (unpaired) electrons. The minimum absolute atomic E-state index is 0.417. The van der Waals surface area contributed by atoms with Crippen molar-refractivity contribution in [3.63, 3.8) is 0 Å².